The summed E-state index contributed by atoms with van der Waals surface area (Å²) in [5.41, 5.74) is 2.40. The molecule has 19 heavy (non-hydrogen) atoms. The van der Waals surface area contributed by atoms with Crippen LogP contribution >= 0.6 is 0 Å². The standard InChI is InChI=1S/C16H15NO2/c1-2-5-16(19)17-13-10-8-12(9-11-13)14-6-3-4-7-15(14)18/h2-11,18H,1H3,(H,17,19)/b5-2+. The van der Waals surface area contributed by atoms with E-state index in [1.807, 2.05) is 36.4 Å². The second-order valence-corrected chi connectivity index (χ2v) is 4.08. The van der Waals surface area contributed by atoms with E-state index in [2.05, 4.69) is 5.32 Å². The third kappa shape index (κ3) is 3.22. The maximum Gasteiger partial charge on any atom is 0.248 e. The molecule has 2 aromatic carbocycles. The summed E-state index contributed by atoms with van der Waals surface area (Å²) in [6.07, 6.45) is 3.16. The highest BCUT2D eigenvalue weighted by atomic mass is 16.3. The first-order chi connectivity index (χ1) is 9.20. The third-order valence-corrected chi connectivity index (χ3v) is 2.69. The summed E-state index contributed by atoms with van der Waals surface area (Å²) in [6.45, 7) is 1.79. The fourth-order valence-corrected chi connectivity index (χ4v) is 1.79. The van der Waals surface area contributed by atoms with E-state index in [0.717, 1.165) is 16.8 Å². The van der Waals surface area contributed by atoms with Crippen molar-refractivity contribution in [3.05, 3.63) is 60.7 Å². The van der Waals surface area contributed by atoms with E-state index in [0.29, 0.717) is 0 Å². The number of anilines is 1. The Balaban J connectivity index is 2.19. The molecule has 0 saturated heterocycles. The molecule has 3 heteroatoms. The van der Waals surface area contributed by atoms with Gasteiger partial charge in [-0.25, -0.2) is 0 Å². The van der Waals surface area contributed by atoms with Gasteiger partial charge in [0.15, 0.2) is 0 Å². The number of carbonyl (C=O) groups is 1. The number of nitrogens with one attached hydrogen (secondary N) is 1. The predicted octanol–water partition coefficient (Wildman–Crippen LogP) is 3.57. The lowest BCUT2D eigenvalue weighted by Gasteiger charge is -2.06. The molecule has 0 bridgehead atoms. The van der Waals surface area contributed by atoms with Crippen molar-refractivity contribution < 1.29 is 9.90 Å². The number of carbonyl (C=O) groups excluding carboxylic acids is 1. The lowest BCUT2D eigenvalue weighted by molar-refractivity contribution is -0.111. The van der Waals surface area contributed by atoms with Gasteiger partial charge in [0.05, 0.1) is 0 Å². The Morgan fingerprint density at radius 3 is 2.42 bits per heavy atom. The van der Waals surface area contributed by atoms with Crippen molar-refractivity contribution in [3.8, 4) is 16.9 Å². The molecule has 0 heterocycles. The molecule has 0 aromatic heterocycles. The molecule has 0 unspecified atom stereocenters. The lowest BCUT2D eigenvalue weighted by Crippen LogP contribution is -2.07. The van der Waals surface area contributed by atoms with Crippen molar-refractivity contribution in [2.75, 3.05) is 5.32 Å². The van der Waals surface area contributed by atoms with Gasteiger partial charge in [-0.3, -0.25) is 4.79 Å². The number of benzene rings is 2. The zero-order valence-electron chi connectivity index (χ0n) is 10.6. The Bertz CT molecular complexity index is 600. The second kappa shape index (κ2) is 5.87. The van der Waals surface area contributed by atoms with Crippen LogP contribution in [0.3, 0.4) is 0 Å². The van der Waals surface area contributed by atoms with Crippen LogP contribution in [0.2, 0.25) is 0 Å². The molecular weight excluding hydrogens is 238 g/mol. The maximum atomic E-state index is 11.4. The Morgan fingerprint density at radius 1 is 1.11 bits per heavy atom. The zero-order chi connectivity index (χ0) is 13.7. The number of hydrogen-bond donors (Lipinski definition) is 2. The molecule has 0 saturated carbocycles. The van der Waals surface area contributed by atoms with Crippen LogP contribution in [0.4, 0.5) is 5.69 Å². The molecule has 3 nitrogen and oxygen atoms in total. The molecule has 1 amide bonds. The molecule has 0 aliphatic heterocycles. The van der Waals surface area contributed by atoms with Crippen LogP contribution in [0.15, 0.2) is 60.7 Å². The number of aromatic hydroxyl groups is 1. The number of phenolic OH excluding ortho intramolecular Hbond substituents is 1. The van der Waals surface area contributed by atoms with Crippen LogP contribution in [0.25, 0.3) is 11.1 Å². The fourth-order valence-electron chi connectivity index (χ4n) is 1.79. The van der Waals surface area contributed by atoms with E-state index >= 15 is 0 Å². The number of phenols is 1. The second-order valence-electron chi connectivity index (χ2n) is 4.08. The van der Waals surface area contributed by atoms with Crippen molar-refractivity contribution in [1.29, 1.82) is 0 Å². The van der Waals surface area contributed by atoms with E-state index in [-0.39, 0.29) is 11.7 Å². The third-order valence-electron chi connectivity index (χ3n) is 2.69. The minimum absolute atomic E-state index is 0.155. The fraction of sp³-hybridized carbons (Fsp3) is 0.0625. The Morgan fingerprint density at radius 2 is 1.79 bits per heavy atom. The van der Waals surface area contributed by atoms with E-state index < -0.39 is 0 Å². The summed E-state index contributed by atoms with van der Waals surface area (Å²) in [5.74, 6) is 0.0889. The molecule has 2 N–H and O–H groups in total. The largest absolute Gasteiger partial charge is 0.507 e. The minimum Gasteiger partial charge on any atom is -0.507 e. The van der Waals surface area contributed by atoms with Gasteiger partial charge in [0.2, 0.25) is 5.91 Å². The topological polar surface area (TPSA) is 49.3 Å². The number of para-hydroxylation sites is 1. The van der Waals surface area contributed by atoms with Crippen LogP contribution in [0.1, 0.15) is 6.92 Å². The molecule has 2 aromatic rings. The highest BCUT2D eigenvalue weighted by Crippen LogP contribution is 2.29. The highest BCUT2D eigenvalue weighted by molar-refractivity contribution is 5.99. The Hall–Kier alpha value is -2.55. The molecule has 0 fully saturated rings. The van der Waals surface area contributed by atoms with Gasteiger partial charge in [-0.1, -0.05) is 36.4 Å². The first kappa shape index (κ1) is 12.9. The monoisotopic (exact) mass is 253 g/mol. The SMILES string of the molecule is C/C=C/C(=O)Nc1ccc(-c2ccccc2O)cc1. The summed E-state index contributed by atoms with van der Waals surface area (Å²) in [7, 11) is 0. The van der Waals surface area contributed by atoms with Crippen LogP contribution in [-0.2, 0) is 4.79 Å². The number of allylic oxidation sites excluding steroid dienone is 1. The lowest BCUT2D eigenvalue weighted by atomic mass is 10.0. The van der Waals surface area contributed by atoms with E-state index in [1.54, 1.807) is 25.1 Å². The molecule has 0 spiro atoms. The zero-order valence-corrected chi connectivity index (χ0v) is 10.6. The van der Waals surface area contributed by atoms with Crippen molar-refractivity contribution in [1.82, 2.24) is 0 Å². The summed E-state index contributed by atoms with van der Waals surface area (Å²) < 4.78 is 0. The molecular formula is C16H15NO2. The Labute approximate surface area is 112 Å². The number of rotatable bonds is 3. The molecule has 96 valence electrons. The van der Waals surface area contributed by atoms with Gasteiger partial charge in [0.1, 0.15) is 5.75 Å². The van der Waals surface area contributed by atoms with Gasteiger partial charge in [-0.15, -0.1) is 0 Å². The van der Waals surface area contributed by atoms with E-state index in [9.17, 15) is 9.90 Å². The number of amides is 1. The average molecular weight is 253 g/mol. The normalized spacial score (nSPS) is 10.6. The van der Waals surface area contributed by atoms with Gasteiger partial charge < -0.3 is 10.4 Å². The first-order valence-electron chi connectivity index (χ1n) is 6.03. The minimum atomic E-state index is -0.155. The molecule has 2 rings (SSSR count). The van der Waals surface area contributed by atoms with Gasteiger partial charge in [-0.2, -0.15) is 0 Å². The summed E-state index contributed by atoms with van der Waals surface area (Å²) in [5, 5.41) is 12.5. The maximum absolute atomic E-state index is 11.4. The summed E-state index contributed by atoms with van der Waals surface area (Å²) in [4.78, 5) is 11.4. The Kier molecular flexibility index (Phi) is 3.98. The van der Waals surface area contributed by atoms with Crippen molar-refractivity contribution in [2.45, 2.75) is 6.92 Å². The first-order valence-corrected chi connectivity index (χ1v) is 6.03. The van der Waals surface area contributed by atoms with Gasteiger partial charge >= 0.3 is 0 Å². The van der Waals surface area contributed by atoms with Crippen LogP contribution < -0.4 is 5.32 Å². The molecule has 0 aliphatic carbocycles. The van der Waals surface area contributed by atoms with Crippen molar-refractivity contribution in [3.63, 3.8) is 0 Å². The average Bonchev–Trinajstić information content (AvgIpc) is 2.41. The van der Waals surface area contributed by atoms with Gasteiger partial charge in [0.25, 0.3) is 0 Å². The van der Waals surface area contributed by atoms with Crippen LogP contribution in [0, 0.1) is 0 Å². The summed E-state index contributed by atoms with van der Waals surface area (Å²) >= 11 is 0. The van der Waals surface area contributed by atoms with E-state index in [1.165, 1.54) is 6.08 Å². The number of hydrogen-bond acceptors (Lipinski definition) is 2. The molecule has 0 radical (unpaired) electrons. The van der Waals surface area contributed by atoms with Crippen LogP contribution in [-0.4, -0.2) is 11.0 Å². The van der Waals surface area contributed by atoms with Crippen LogP contribution in [0.5, 0.6) is 5.75 Å². The van der Waals surface area contributed by atoms with Gasteiger partial charge in [-0.05, 0) is 36.8 Å². The molecule has 0 atom stereocenters. The predicted molar refractivity (Wildman–Crippen MR) is 77.0 cm³/mol. The van der Waals surface area contributed by atoms with Crippen molar-refractivity contribution >= 4 is 11.6 Å². The van der Waals surface area contributed by atoms with Crippen molar-refractivity contribution in [2.24, 2.45) is 0 Å². The molecule has 0 aliphatic rings. The quantitative estimate of drug-likeness (QED) is 0.821. The highest BCUT2D eigenvalue weighted by Gasteiger charge is 2.03. The smallest absolute Gasteiger partial charge is 0.248 e. The van der Waals surface area contributed by atoms with Gasteiger partial charge in [0, 0.05) is 11.3 Å². The summed E-state index contributed by atoms with van der Waals surface area (Å²) in [6, 6.07) is 14.5. The van der Waals surface area contributed by atoms with E-state index in [4.69, 9.17) is 0 Å².